The lowest BCUT2D eigenvalue weighted by atomic mass is 10.1. The SMILES string of the molecule is OCC(O)c1cccc(OC(F)(F)F)c1. The van der Waals surface area contributed by atoms with E-state index < -0.39 is 24.8 Å². The molecular formula is C9H9F3O3. The molecule has 0 bridgehead atoms. The van der Waals surface area contributed by atoms with E-state index in [1.807, 2.05) is 0 Å². The fourth-order valence-corrected chi connectivity index (χ4v) is 1.02. The summed E-state index contributed by atoms with van der Waals surface area (Å²) in [5.74, 6) is -0.424. The van der Waals surface area contributed by atoms with E-state index in [-0.39, 0.29) is 5.56 Å². The van der Waals surface area contributed by atoms with Crippen LogP contribution in [0.2, 0.25) is 0 Å². The van der Waals surface area contributed by atoms with Crippen molar-refractivity contribution < 1.29 is 28.1 Å². The van der Waals surface area contributed by atoms with Crippen molar-refractivity contribution in [2.45, 2.75) is 12.5 Å². The molecule has 0 spiro atoms. The molecule has 1 rings (SSSR count). The van der Waals surface area contributed by atoms with Crippen LogP contribution in [-0.4, -0.2) is 23.2 Å². The first-order chi connectivity index (χ1) is 6.92. The summed E-state index contributed by atoms with van der Waals surface area (Å²) in [6.45, 7) is -0.560. The molecule has 84 valence electrons. The maximum atomic E-state index is 11.8. The predicted octanol–water partition coefficient (Wildman–Crippen LogP) is 1.61. The van der Waals surface area contributed by atoms with Crippen molar-refractivity contribution in [1.29, 1.82) is 0 Å². The summed E-state index contributed by atoms with van der Waals surface area (Å²) < 4.78 is 39.1. The molecule has 1 atom stereocenters. The minimum atomic E-state index is -4.76. The summed E-state index contributed by atoms with van der Waals surface area (Å²) in [4.78, 5) is 0. The van der Waals surface area contributed by atoms with Gasteiger partial charge in [0.25, 0.3) is 0 Å². The number of benzene rings is 1. The van der Waals surface area contributed by atoms with Crippen LogP contribution in [0.15, 0.2) is 24.3 Å². The van der Waals surface area contributed by atoms with Gasteiger partial charge in [0.15, 0.2) is 0 Å². The molecule has 15 heavy (non-hydrogen) atoms. The third-order valence-corrected chi connectivity index (χ3v) is 1.65. The Morgan fingerprint density at radius 2 is 2.00 bits per heavy atom. The van der Waals surface area contributed by atoms with E-state index in [2.05, 4.69) is 4.74 Å². The van der Waals surface area contributed by atoms with Crippen LogP contribution in [0.25, 0.3) is 0 Å². The highest BCUT2D eigenvalue weighted by Crippen LogP contribution is 2.25. The summed E-state index contributed by atoms with van der Waals surface area (Å²) in [6, 6.07) is 4.83. The summed E-state index contributed by atoms with van der Waals surface area (Å²) >= 11 is 0. The van der Waals surface area contributed by atoms with E-state index in [9.17, 15) is 13.2 Å². The molecule has 6 heteroatoms. The fraction of sp³-hybridized carbons (Fsp3) is 0.333. The van der Waals surface area contributed by atoms with Crippen LogP contribution in [0.5, 0.6) is 5.75 Å². The molecule has 1 aromatic rings. The van der Waals surface area contributed by atoms with E-state index in [1.54, 1.807) is 0 Å². The van der Waals surface area contributed by atoms with Gasteiger partial charge in [-0.2, -0.15) is 0 Å². The van der Waals surface area contributed by atoms with E-state index in [0.717, 1.165) is 12.1 Å². The van der Waals surface area contributed by atoms with Crippen molar-refractivity contribution in [3.8, 4) is 5.75 Å². The molecule has 0 aliphatic rings. The number of aliphatic hydroxyl groups excluding tert-OH is 2. The van der Waals surface area contributed by atoms with Crippen LogP contribution >= 0.6 is 0 Å². The Morgan fingerprint density at radius 1 is 1.33 bits per heavy atom. The quantitative estimate of drug-likeness (QED) is 0.816. The zero-order chi connectivity index (χ0) is 11.5. The average molecular weight is 222 g/mol. The van der Waals surface area contributed by atoms with Crippen molar-refractivity contribution in [3.05, 3.63) is 29.8 Å². The Kier molecular flexibility index (Phi) is 3.54. The summed E-state index contributed by atoms with van der Waals surface area (Å²) in [6.07, 6.45) is -5.97. The van der Waals surface area contributed by atoms with Gasteiger partial charge in [-0.05, 0) is 17.7 Å². The molecule has 0 saturated carbocycles. The monoisotopic (exact) mass is 222 g/mol. The van der Waals surface area contributed by atoms with Crippen molar-refractivity contribution >= 4 is 0 Å². The van der Waals surface area contributed by atoms with E-state index in [0.29, 0.717) is 0 Å². The predicted molar refractivity (Wildman–Crippen MR) is 45.2 cm³/mol. The topological polar surface area (TPSA) is 49.7 Å². The number of rotatable bonds is 3. The molecule has 0 aromatic heterocycles. The van der Waals surface area contributed by atoms with Gasteiger partial charge in [-0.15, -0.1) is 13.2 Å². The van der Waals surface area contributed by atoms with Crippen molar-refractivity contribution in [3.63, 3.8) is 0 Å². The average Bonchev–Trinajstić information content (AvgIpc) is 2.14. The standard InChI is InChI=1S/C9H9F3O3/c10-9(11,12)15-7-3-1-2-6(4-7)8(14)5-13/h1-4,8,13-14H,5H2. The van der Waals surface area contributed by atoms with E-state index >= 15 is 0 Å². The molecule has 0 radical (unpaired) electrons. The summed E-state index contributed by atoms with van der Waals surface area (Å²) in [7, 11) is 0. The van der Waals surface area contributed by atoms with Crippen LogP contribution in [0.3, 0.4) is 0 Å². The second-order valence-corrected chi connectivity index (χ2v) is 2.82. The van der Waals surface area contributed by atoms with E-state index in [4.69, 9.17) is 10.2 Å². The van der Waals surface area contributed by atoms with Crippen molar-refractivity contribution in [2.75, 3.05) is 6.61 Å². The van der Waals surface area contributed by atoms with Gasteiger partial charge in [-0.25, -0.2) is 0 Å². The first-order valence-corrected chi connectivity index (χ1v) is 4.07. The minimum absolute atomic E-state index is 0.166. The number of alkyl halides is 3. The molecule has 3 nitrogen and oxygen atoms in total. The lowest BCUT2D eigenvalue weighted by Crippen LogP contribution is -2.17. The molecule has 1 unspecified atom stereocenters. The first-order valence-electron chi connectivity index (χ1n) is 4.07. The highest BCUT2D eigenvalue weighted by Gasteiger charge is 2.31. The lowest BCUT2D eigenvalue weighted by molar-refractivity contribution is -0.274. The molecule has 0 heterocycles. The van der Waals surface area contributed by atoms with Gasteiger partial charge in [0.1, 0.15) is 11.9 Å². The van der Waals surface area contributed by atoms with Gasteiger partial charge in [0.05, 0.1) is 6.61 Å². The van der Waals surface area contributed by atoms with Crippen LogP contribution in [0, 0.1) is 0 Å². The van der Waals surface area contributed by atoms with Crippen LogP contribution in [-0.2, 0) is 0 Å². The van der Waals surface area contributed by atoms with Crippen LogP contribution in [0.4, 0.5) is 13.2 Å². The normalized spacial score (nSPS) is 13.7. The van der Waals surface area contributed by atoms with Gasteiger partial charge >= 0.3 is 6.36 Å². The summed E-state index contributed by atoms with van der Waals surface area (Å²) in [5, 5.41) is 17.8. The maximum Gasteiger partial charge on any atom is 0.573 e. The number of aliphatic hydroxyl groups is 2. The second kappa shape index (κ2) is 4.50. The lowest BCUT2D eigenvalue weighted by Gasteiger charge is -2.11. The van der Waals surface area contributed by atoms with Gasteiger partial charge in [0.2, 0.25) is 0 Å². The third kappa shape index (κ3) is 3.77. The minimum Gasteiger partial charge on any atom is -0.406 e. The molecular weight excluding hydrogens is 213 g/mol. The Labute approximate surface area is 83.7 Å². The molecule has 0 saturated heterocycles. The smallest absolute Gasteiger partial charge is 0.406 e. The number of hydrogen-bond acceptors (Lipinski definition) is 3. The molecule has 1 aromatic carbocycles. The molecule has 0 aliphatic heterocycles. The highest BCUT2D eigenvalue weighted by molar-refractivity contribution is 5.30. The van der Waals surface area contributed by atoms with Gasteiger partial charge in [-0.3, -0.25) is 0 Å². The Balaban J connectivity index is 2.83. The fourth-order valence-electron chi connectivity index (χ4n) is 1.02. The third-order valence-electron chi connectivity index (χ3n) is 1.65. The van der Waals surface area contributed by atoms with Gasteiger partial charge in [-0.1, -0.05) is 12.1 Å². The molecule has 0 fully saturated rings. The van der Waals surface area contributed by atoms with Crippen molar-refractivity contribution in [2.24, 2.45) is 0 Å². The molecule has 0 amide bonds. The molecule has 0 aliphatic carbocycles. The summed E-state index contributed by atoms with van der Waals surface area (Å²) in [5.41, 5.74) is 0.166. The zero-order valence-corrected chi connectivity index (χ0v) is 7.53. The molecule has 2 N–H and O–H groups in total. The number of hydrogen-bond donors (Lipinski definition) is 2. The van der Waals surface area contributed by atoms with Gasteiger partial charge < -0.3 is 14.9 Å². The number of ether oxygens (including phenoxy) is 1. The zero-order valence-electron chi connectivity index (χ0n) is 7.53. The Bertz CT molecular complexity index is 325. The van der Waals surface area contributed by atoms with E-state index in [1.165, 1.54) is 12.1 Å². The first kappa shape index (κ1) is 11.8. The van der Waals surface area contributed by atoms with Crippen LogP contribution < -0.4 is 4.74 Å². The largest absolute Gasteiger partial charge is 0.573 e. The second-order valence-electron chi connectivity index (χ2n) is 2.82. The highest BCUT2D eigenvalue weighted by atomic mass is 19.4. The maximum absolute atomic E-state index is 11.8. The van der Waals surface area contributed by atoms with Crippen LogP contribution in [0.1, 0.15) is 11.7 Å². The van der Waals surface area contributed by atoms with Gasteiger partial charge in [0, 0.05) is 0 Å². The Morgan fingerprint density at radius 3 is 2.53 bits per heavy atom. The number of halogens is 3. The van der Waals surface area contributed by atoms with Crippen molar-refractivity contribution in [1.82, 2.24) is 0 Å². The Hall–Kier alpha value is -1.27.